The fraction of sp³-hybridized carbons (Fsp3) is 0.448. The van der Waals surface area contributed by atoms with Crippen LogP contribution in [0.4, 0.5) is 0 Å². The first-order valence-electron chi connectivity index (χ1n) is 12.4. The summed E-state index contributed by atoms with van der Waals surface area (Å²) in [5.74, 6) is 1.43. The molecule has 4 atom stereocenters. The van der Waals surface area contributed by atoms with Crippen molar-refractivity contribution >= 4 is 23.5 Å². The molecular formula is C29H36O6S. The van der Waals surface area contributed by atoms with E-state index in [0.29, 0.717) is 38.0 Å². The van der Waals surface area contributed by atoms with Gasteiger partial charge in [0.2, 0.25) is 0 Å². The number of ether oxygens (including phenoxy) is 2. The summed E-state index contributed by atoms with van der Waals surface area (Å²) in [4.78, 5) is 24.4. The summed E-state index contributed by atoms with van der Waals surface area (Å²) in [5.41, 5.74) is 2.05. The van der Waals surface area contributed by atoms with Gasteiger partial charge in [-0.1, -0.05) is 54.6 Å². The average molecular weight is 513 g/mol. The number of aliphatic hydroxyl groups excluding tert-OH is 2. The first-order valence-corrected chi connectivity index (χ1v) is 13.6. The molecule has 0 aromatic heterocycles. The molecule has 0 saturated heterocycles. The van der Waals surface area contributed by atoms with Crippen molar-refractivity contribution < 1.29 is 29.3 Å². The average Bonchev–Trinajstić information content (AvgIpc) is 3.12. The molecule has 1 aliphatic rings. The van der Waals surface area contributed by atoms with Crippen LogP contribution in [0.15, 0.2) is 66.7 Å². The van der Waals surface area contributed by atoms with Crippen molar-refractivity contribution in [2.75, 3.05) is 18.6 Å². The van der Waals surface area contributed by atoms with Crippen molar-refractivity contribution in [3.05, 3.63) is 77.9 Å². The normalized spacial score (nSPS) is 20.6. The molecule has 194 valence electrons. The van der Waals surface area contributed by atoms with Gasteiger partial charge >= 0.3 is 5.97 Å². The minimum Gasteiger partial charge on any atom is -0.427 e. The molecule has 0 bridgehead atoms. The van der Waals surface area contributed by atoms with Gasteiger partial charge in [0.05, 0.1) is 18.8 Å². The molecule has 0 amide bonds. The molecule has 6 nitrogen and oxygen atoms in total. The van der Waals surface area contributed by atoms with E-state index in [1.807, 2.05) is 48.5 Å². The summed E-state index contributed by atoms with van der Waals surface area (Å²) >= 11 is 1.70. The van der Waals surface area contributed by atoms with Gasteiger partial charge in [-0.05, 0) is 47.6 Å². The molecule has 1 aliphatic carbocycles. The highest BCUT2D eigenvalue weighted by Crippen LogP contribution is 2.34. The Hall–Kier alpha value is -2.45. The number of thioether (sulfide) groups is 1. The summed E-state index contributed by atoms with van der Waals surface area (Å²) in [6.07, 6.45) is 4.44. The molecule has 7 heteroatoms. The zero-order valence-electron chi connectivity index (χ0n) is 20.8. The standard InChI is InChI=1S/C29H36O6S/c1-34-20-22-8-5-7-21(17-22)18-23(30)12-13-25-26(28(32)19-27(25)31)14-16-36-15-6-11-29(33)35-24-9-3-2-4-10-24/h2-5,7-10,12-13,17,23,25-27,30-31H,6,11,14-16,18-20H2,1H3/t23-,25-,26-,27-/m1/s1. The lowest BCUT2D eigenvalue weighted by Gasteiger charge is -2.18. The summed E-state index contributed by atoms with van der Waals surface area (Å²) in [7, 11) is 1.65. The molecule has 0 aliphatic heterocycles. The molecule has 0 radical (unpaired) electrons. The van der Waals surface area contributed by atoms with Crippen molar-refractivity contribution in [2.45, 2.75) is 50.9 Å². The predicted molar refractivity (Wildman–Crippen MR) is 142 cm³/mol. The van der Waals surface area contributed by atoms with Crippen molar-refractivity contribution in [2.24, 2.45) is 11.8 Å². The second-order valence-corrected chi connectivity index (χ2v) is 10.3. The van der Waals surface area contributed by atoms with E-state index in [0.717, 1.165) is 22.6 Å². The van der Waals surface area contributed by atoms with Gasteiger partial charge in [0, 0.05) is 38.2 Å². The number of esters is 1. The Morgan fingerprint density at radius 3 is 2.69 bits per heavy atom. The number of ketones is 1. The Bertz CT molecular complexity index is 992. The van der Waals surface area contributed by atoms with Crippen LogP contribution < -0.4 is 4.74 Å². The van der Waals surface area contributed by atoms with Crippen LogP contribution >= 0.6 is 11.8 Å². The highest BCUT2D eigenvalue weighted by atomic mass is 32.2. The van der Waals surface area contributed by atoms with Gasteiger partial charge in [-0.2, -0.15) is 11.8 Å². The highest BCUT2D eigenvalue weighted by molar-refractivity contribution is 7.99. The van der Waals surface area contributed by atoms with Gasteiger partial charge in [-0.25, -0.2) is 0 Å². The monoisotopic (exact) mass is 512 g/mol. The molecule has 1 saturated carbocycles. The number of hydrogen-bond donors (Lipinski definition) is 2. The smallest absolute Gasteiger partial charge is 0.311 e. The zero-order valence-corrected chi connectivity index (χ0v) is 21.6. The summed E-state index contributed by atoms with van der Waals surface area (Å²) in [6.45, 7) is 0.521. The molecular weight excluding hydrogens is 476 g/mol. The first kappa shape index (κ1) is 28.1. The van der Waals surface area contributed by atoms with Crippen LogP contribution in [0.3, 0.4) is 0 Å². The minimum atomic E-state index is -0.714. The van der Waals surface area contributed by atoms with Crippen LogP contribution in [0.2, 0.25) is 0 Å². The largest absolute Gasteiger partial charge is 0.427 e. The second kappa shape index (κ2) is 15.0. The number of Topliss-reactive ketones (excluding diaryl/α,β-unsaturated/α-hetero) is 1. The highest BCUT2D eigenvalue weighted by Gasteiger charge is 2.39. The second-order valence-electron chi connectivity index (χ2n) is 9.12. The summed E-state index contributed by atoms with van der Waals surface area (Å²) < 4.78 is 10.5. The maximum absolute atomic E-state index is 12.5. The van der Waals surface area contributed by atoms with Gasteiger partial charge in [0.15, 0.2) is 0 Å². The lowest BCUT2D eigenvalue weighted by molar-refractivity contribution is -0.134. The van der Waals surface area contributed by atoms with Gasteiger partial charge in [0.25, 0.3) is 0 Å². The van der Waals surface area contributed by atoms with E-state index in [-0.39, 0.29) is 30.0 Å². The fourth-order valence-corrected chi connectivity index (χ4v) is 5.45. The van der Waals surface area contributed by atoms with Crippen LogP contribution in [-0.2, 0) is 27.4 Å². The number of benzene rings is 2. The third-order valence-corrected chi connectivity index (χ3v) is 7.35. The van der Waals surface area contributed by atoms with E-state index in [2.05, 4.69) is 0 Å². The predicted octanol–water partition coefficient (Wildman–Crippen LogP) is 4.37. The van der Waals surface area contributed by atoms with Gasteiger partial charge in [-0.15, -0.1) is 0 Å². The maximum atomic E-state index is 12.5. The molecule has 1 fully saturated rings. The number of rotatable bonds is 14. The van der Waals surface area contributed by atoms with E-state index in [4.69, 9.17) is 9.47 Å². The molecule has 0 heterocycles. The van der Waals surface area contributed by atoms with Gasteiger partial charge in [-0.3, -0.25) is 9.59 Å². The quantitative estimate of drug-likeness (QED) is 0.168. The van der Waals surface area contributed by atoms with Crippen LogP contribution in [0, 0.1) is 11.8 Å². The SMILES string of the molecule is COCc1cccc(C[C@H](O)C=C[C@H]2[C@H](O)CC(=O)[C@@H]2CCSCCCC(=O)Oc2ccccc2)c1. The molecule has 0 unspecified atom stereocenters. The van der Waals surface area contributed by atoms with Crippen molar-refractivity contribution in [1.29, 1.82) is 0 Å². The van der Waals surface area contributed by atoms with E-state index in [1.165, 1.54) is 0 Å². The number of carbonyl (C=O) groups is 2. The Kier molecular flexibility index (Phi) is 11.7. The fourth-order valence-electron chi connectivity index (χ4n) is 4.47. The van der Waals surface area contributed by atoms with Crippen LogP contribution in [-0.4, -0.2) is 52.8 Å². The molecule has 0 spiro atoms. The topological polar surface area (TPSA) is 93.1 Å². The van der Waals surface area contributed by atoms with Crippen LogP contribution in [0.25, 0.3) is 0 Å². The Labute approximate surface area is 217 Å². The third kappa shape index (κ3) is 9.21. The third-order valence-electron chi connectivity index (χ3n) is 6.25. The van der Waals surface area contributed by atoms with Crippen molar-refractivity contribution in [3.8, 4) is 5.75 Å². The minimum absolute atomic E-state index is 0.0749. The molecule has 3 rings (SSSR count). The van der Waals surface area contributed by atoms with E-state index in [1.54, 1.807) is 37.1 Å². The zero-order chi connectivity index (χ0) is 25.8. The Morgan fingerprint density at radius 2 is 1.92 bits per heavy atom. The van der Waals surface area contributed by atoms with E-state index >= 15 is 0 Å². The van der Waals surface area contributed by atoms with Gasteiger partial charge < -0.3 is 19.7 Å². The Balaban J connectivity index is 1.39. The molecule has 2 aromatic rings. The summed E-state index contributed by atoms with van der Waals surface area (Å²) in [6, 6.07) is 16.9. The lowest BCUT2D eigenvalue weighted by atomic mass is 9.91. The first-order chi connectivity index (χ1) is 17.5. The van der Waals surface area contributed by atoms with Crippen molar-refractivity contribution in [3.63, 3.8) is 0 Å². The maximum Gasteiger partial charge on any atom is 0.311 e. The van der Waals surface area contributed by atoms with Crippen LogP contribution in [0.1, 0.15) is 36.8 Å². The van der Waals surface area contributed by atoms with Crippen LogP contribution in [0.5, 0.6) is 5.75 Å². The lowest BCUT2D eigenvalue weighted by Crippen LogP contribution is -2.20. The van der Waals surface area contributed by atoms with E-state index in [9.17, 15) is 19.8 Å². The molecule has 2 aromatic carbocycles. The Morgan fingerprint density at radius 1 is 1.14 bits per heavy atom. The van der Waals surface area contributed by atoms with Crippen molar-refractivity contribution in [1.82, 2.24) is 0 Å². The molecule has 36 heavy (non-hydrogen) atoms. The van der Waals surface area contributed by atoms with Gasteiger partial charge in [0.1, 0.15) is 11.5 Å². The van der Waals surface area contributed by atoms with E-state index < -0.39 is 12.2 Å². The number of hydrogen-bond acceptors (Lipinski definition) is 7. The molecule has 2 N–H and O–H groups in total. The number of carbonyl (C=O) groups excluding carboxylic acids is 2. The number of para-hydroxylation sites is 1. The number of aliphatic hydroxyl groups is 2. The summed E-state index contributed by atoms with van der Waals surface area (Å²) in [5, 5.41) is 20.9. The number of methoxy groups -OCH3 is 1.